The highest BCUT2D eigenvalue weighted by atomic mass is 32.2. The van der Waals surface area contributed by atoms with Gasteiger partial charge in [0, 0.05) is 55.3 Å². The number of thioether (sulfide) groups is 1. The lowest BCUT2D eigenvalue weighted by Crippen LogP contribution is -2.17. The first-order valence-electron chi connectivity index (χ1n) is 7.77. The maximum absolute atomic E-state index is 11.7. The second kappa shape index (κ2) is 6.30. The smallest absolute Gasteiger partial charge is 0.290 e. The third kappa shape index (κ3) is 2.95. The molecule has 2 amide bonds. The standard InChI is InChI=1S/C18H14N4O3S/c1-22(2)15-4-3-10(8-20-15)13-9-19-7-11-5-12(25-16(11)13)6-14-17(23)21-18(24)26-14/h3-9H,1-2H3,(H,21,23,24)/b14-6+. The first-order chi connectivity index (χ1) is 12.5. The van der Waals surface area contributed by atoms with Crippen molar-refractivity contribution in [2.75, 3.05) is 19.0 Å². The van der Waals surface area contributed by atoms with Gasteiger partial charge >= 0.3 is 0 Å². The molecule has 4 rings (SSSR count). The Labute approximate surface area is 153 Å². The first-order valence-corrected chi connectivity index (χ1v) is 8.59. The molecule has 1 saturated heterocycles. The van der Waals surface area contributed by atoms with Crippen LogP contribution in [0, 0.1) is 0 Å². The number of hydrogen-bond donors (Lipinski definition) is 1. The number of hydrogen-bond acceptors (Lipinski definition) is 7. The fraction of sp³-hybridized carbons (Fsp3) is 0.111. The molecule has 1 aliphatic rings. The van der Waals surface area contributed by atoms with E-state index < -0.39 is 5.91 Å². The number of anilines is 1. The van der Waals surface area contributed by atoms with Crippen molar-refractivity contribution in [3.63, 3.8) is 0 Å². The summed E-state index contributed by atoms with van der Waals surface area (Å²) in [4.78, 5) is 33.9. The molecule has 1 N–H and O–H groups in total. The van der Waals surface area contributed by atoms with E-state index in [1.165, 1.54) is 0 Å². The second-order valence-corrected chi connectivity index (χ2v) is 6.92. The van der Waals surface area contributed by atoms with Crippen molar-refractivity contribution in [3.05, 3.63) is 47.5 Å². The number of amides is 2. The number of nitrogens with one attached hydrogen (secondary N) is 1. The van der Waals surface area contributed by atoms with Crippen molar-refractivity contribution >= 4 is 45.8 Å². The number of furan rings is 1. The maximum Gasteiger partial charge on any atom is 0.290 e. The van der Waals surface area contributed by atoms with Crippen LogP contribution in [0.4, 0.5) is 10.6 Å². The van der Waals surface area contributed by atoms with Crippen LogP contribution in [-0.2, 0) is 4.79 Å². The molecule has 0 atom stereocenters. The van der Waals surface area contributed by atoms with Gasteiger partial charge in [-0.15, -0.1) is 0 Å². The average molecular weight is 366 g/mol. The van der Waals surface area contributed by atoms with Gasteiger partial charge < -0.3 is 9.32 Å². The van der Waals surface area contributed by atoms with Crippen molar-refractivity contribution in [1.29, 1.82) is 0 Å². The lowest BCUT2D eigenvalue weighted by atomic mass is 10.1. The Morgan fingerprint density at radius 1 is 1.19 bits per heavy atom. The zero-order valence-corrected chi connectivity index (χ0v) is 14.8. The molecule has 26 heavy (non-hydrogen) atoms. The number of carbonyl (C=O) groups excluding carboxylic acids is 2. The number of pyridine rings is 2. The second-order valence-electron chi connectivity index (χ2n) is 5.91. The van der Waals surface area contributed by atoms with Crippen molar-refractivity contribution < 1.29 is 14.0 Å². The van der Waals surface area contributed by atoms with Crippen LogP contribution >= 0.6 is 11.8 Å². The molecule has 0 aromatic carbocycles. The molecule has 4 heterocycles. The van der Waals surface area contributed by atoms with Crippen LogP contribution in [0.2, 0.25) is 0 Å². The summed E-state index contributed by atoms with van der Waals surface area (Å²) in [5.41, 5.74) is 2.34. The predicted octanol–water partition coefficient (Wildman–Crippen LogP) is 3.28. The minimum absolute atomic E-state index is 0.306. The zero-order chi connectivity index (χ0) is 18.3. The Kier molecular flexibility index (Phi) is 3.96. The molecule has 0 radical (unpaired) electrons. The van der Waals surface area contributed by atoms with E-state index in [9.17, 15) is 9.59 Å². The topological polar surface area (TPSA) is 88.3 Å². The minimum Gasteiger partial charge on any atom is -0.456 e. The molecule has 0 saturated carbocycles. The number of fused-ring (bicyclic) bond motifs is 1. The highest BCUT2D eigenvalue weighted by molar-refractivity contribution is 8.18. The largest absolute Gasteiger partial charge is 0.456 e. The third-order valence-electron chi connectivity index (χ3n) is 3.87. The predicted molar refractivity (Wildman–Crippen MR) is 101 cm³/mol. The molecule has 3 aromatic heterocycles. The molecule has 0 aliphatic carbocycles. The van der Waals surface area contributed by atoms with Crippen LogP contribution in [0.1, 0.15) is 5.76 Å². The van der Waals surface area contributed by atoms with Crippen molar-refractivity contribution in [2.24, 2.45) is 0 Å². The summed E-state index contributed by atoms with van der Waals surface area (Å²) < 4.78 is 5.92. The normalized spacial score (nSPS) is 15.7. The number of carbonyl (C=O) groups is 2. The monoisotopic (exact) mass is 366 g/mol. The Morgan fingerprint density at radius 2 is 2.04 bits per heavy atom. The van der Waals surface area contributed by atoms with Gasteiger partial charge in [-0.2, -0.15) is 0 Å². The molecule has 7 nitrogen and oxygen atoms in total. The van der Waals surface area contributed by atoms with Gasteiger partial charge in [0.2, 0.25) is 0 Å². The lowest BCUT2D eigenvalue weighted by molar-refractivity contribution is -0.115. The molecular weight excluding hydrogens is 352 g/mol. The molecule has 0 bridgehead atoms. The van der Waals surface area contributed by atoms with Gasteiger partial charge in [-0.3, -0.25) is 19.9 Å². The van der Waals surface area contributed by atoms with Crippen LogP contribution < -0.4 is 10.2 Å². The Balaban J connectivity index is 1.75. The van der Waals surface area contributed by atoms with Gasteiger partial charge in [-0.1, -0.05) is 0 Å². The number of nitrogens with zero attached hydrogens (tertiary/aromatic N) is 3. The van der Waals surface area contributed by atoms with Gasteiger partial charge in [0.1, 0.15) is 17.2 Å². The van der Waals surface area contributed by atoms with Gasteiger partial charge in [-0.25, -0.2) is 4.98 Å². The Morgan fingerprint density at radius 3 is 2.69 bits per heavy atom. The summed E-state index contributed by atoms with van der Waals surface area (Å²) in [5, 5.41) is 2.65. The fourth-order valence-corrected chi connectivity index (χ4v) is 3.28. The molecule has 3 aromatic rings. The summed E-state index contributed by atoms with van der Waals surface area (Å²) in [7, 11) is 3.86. The van der Waals surface area contributed by atoms with Crippen LogP contribution in [0.3, 0.4) is 0 Å². The van der Waals surface area contributed by atoms with Crippen molar-refractivity contribution in [1.82, 2.24) is 15.3 Å². The van der Waals surface area contributed by atoms with E-state index >= 15 is 0 Å². The number of rotatable bonds is 3. The van der Waals surface area contributed by atoms with E-state index in [-0.39, 0.29) is 5.24 Å². The van der Waals surface area contributed by atoms with Gasteiger partial charge in [0.15, 0.2) is 0 Å². The van der Waals surface area contributed by atoms with E-state index in [0.717, 1.165) is 34.1 Å². The molecule has 130 valence electrons. The summed E-state index contributed by atoms with van der Waals surface area (Å²) in [5.74, 6) is 0.925. The van der Waals surface area contributed by atoms with E-state index in [1.54, 1.807) is 30.7 Å². The quantitative estimate of drug-likeness (QED) is 0.712. The number of imide groups is 1. The Bertz CT molecular complexity index is 1050. The minimum atomic E-state index is -0.415. The molecular formula is C18H14N4O3S. The maximum atomic E-state index is 11.7. The lowest BCUT2D eigenvalue weighted by Gasteiger charge is -2.11. The van der Waals surface area contributed by atoms with Gasteiger partial charge in [0.05, 0.1) is 4.91 Å². The molecule has 0 unspecified atom stereocenters. The van der Waals surface area contributed by atoms with Gasteiger partial charge in [-0.05, 0) is 30.0 Å². The molecule has 1 fully saturated rings. The van der Waals surface area contributed by atoms with Gasteiger partial charge in [0.25, 0.3) is 11.1 Å². The van der Waals surface area contributed by atoms with Crippen molar-refractivity contribution in [3.8, 4) is 11.1 Å². The van der Waals surface area contributed by atoms with Crippen LogP contribution in [0.15, 0.2) is 46.1 Å². The molecule has 1 aliphatic heterocycles. The van der Waals surface area contributed by atoms with Crippen molar-refractivity contribution in [2.45, 2.75) is 0 Å². The Hall–Kier alpha value is -3.13. The highest BCUT2D eigenvalue weighted by Gasteiger charge is 2.25. The SMILES string of the molecule is CN(C)c1ccc(-c2cncc3cc(/C=C4/SC(=O)NC4=O)oc23)cn1. The summed E-state index contributed by atoms with van der Waals surface area (Å²) >= 11 is 0.855. The van der Waals surface area contributed by atoms with Crippen LogP contribution in [-0.4, -0.2) is 35.2 Å². The van der Waals surface area contributed by atoms with Crippen LogP contribution in [0.5, 0.6) is 0 Å². The fourth-order valence-electron chi connectivity index (χ4n) is 2.62. The summed E-state index contributed by atoms with van der Waals surface area (Å²) in [6.45, 7) is 0. The summed E-state index contributed by atoms with van der Waals surface area (Å²) in [6.07, 6.45) is 6.74. The average Bonchev–Trinajstić information content (AvgIpc) is 3.17. The third-order valence-corrected chi connectivity index (χ3v) is 4.68. The first kappa shape index (κ1) is 16.3. The molecule has 8 heteroatoms. The highest BCUT2D eigenvalue weighted by Crippen LogP contribution is 2.32. The van der Waals surface area contributed by atoms with E-state index in [4.69, 9.17) is 4.42 Å². The van der Waals surface area contributed by atoms with E-state index in [0.29, 0.717) is 16.2 Å². The molecule has 0 spiro atoms. The van der Waals surface area contributed by atoms with E-state index in [2.05, 4.69) is 15.3 Å². The summed E-state index contributed by atoms with van der Waals surface area (Å²) in [6, 6.07) is 5.67. The van der Waals surface area contributed by atoms with Crippen LogP contribution in [0.25, 0.3) is 28.2 Å². The van der Waals surface area contributed by atoms with E-state index in [1.807, 2.05) is 31.1 Å². The zero-order valence-electron chi connectivity index (χ0n) is 14.0. The number of aromatic nitrogens is 2.